The zero-order valence-electron chi connectivity index (χ0n) is 6.44. The Bertz CT molecular complexity index is 396. The Morgan fingerprint density at radius 2 is 2.31 bits per heavy atom. The highest BCUT2D eigenvalue weighted by molar-refractivity contribution is 14.1. The quantitative estimate of drug-likeness (QED) is 0.704. The lowest BCUT2D eigenvalue weighted by molar-refractivity contribution is 0.787. The fraction of sp³-hybridized carbons (Fsp3) is 0.143. The van der Waals surface area contributed by atoms with Crippen LogP contribution in [0.1, 0.15) is 4.88 Å². The van der Waals surface area contributed by atoms with Crippen LogP contribution >= 0.6 is 56.5 Å². The van der Waals surface area contributed by atoms with E-state index in [0.29, 0.717) is 0 Å². The first kappa shape index (κ1) is 9.84. The van der Waals surface area contributed by atoms with Gasteiger partial charge >= 0.3 is 0 Å². The van der Waals surface area contributed by atoms with E-state index in [1.54, 1.807) is 11.3 Å². The Balaban J connectivity index is 2.24. The molecule has 0 fully saturated rings. The van der Waals surface area contributed by atoms with E-state index < -0.39 is 0 Å². The van der Waals surface area contributed by atoms with Crippen LogP contribution in [-0.2, 0) is 6.54 Å². The van der Waals surface area contributed by atoms with Crippen molar-refractivity contribution < 1.29 is 0 Å². The van der Waals surface area contributed by atoms with Crippen molar-refractivity contribution in [1.29, 1.82) is 0 Å². The number of thiazole rings is 1. The lowest BCUT2D eigenvalue weighted by Gasteiger charge is -1.99. The molecule has 0 atom stereocenters. The first-order chi connectivity index (χ1) is 6.27. The standard InChI is InChI=1S/C7H5I2N3S/c8-6-7(9)12(3-11-6)2-5-1-10-4-13-5/h1,3-4H,2H2. The predicted octanol–water partition coefficient (Wildman–Crippen LogP) is 2.60. The first-order valence-electron chi connectivity index (χ1n) is 3.51. The van der Waals surface area contributed by atoms with E-state index in [2.05, 4.69) is 59.7 Å². The van der Waals surface area contributed by atoms with Crippen molar-refractivity contribution >= 4 is 56.5 Å². The van der Waals surface area contributed by atoms with E-state index in [1.165, 1.54) is 8.58 Å². The van der Waals surface area contributed by atoms with Crippen molar-refractivity contribution in [1.82, 2.24) is 14.5 Å². The highest BCUT2D eigenvalue weighted by atomic mass is 127. The Hall–Kier alpha value is 0.300. The van der Waals surface area contributed by atoms with Crippen LogP contribution in [0.25, 0.3) is 0 Å². The predicted molar refractivity (Wildman–Crippen MR) is 68.9 cm³/mol. The van der Waals surface area contributed by atoms with Gasteiger partial charge in [0.1, 0.15) is 7.40 Å². The van der Waals surface area contributed by atoms with Gasteiger partial charge in [0.25, 0.3) is 0 Å². The number of halogens is 2. The minimum atomic E-state index is 0.874. The molecule has 0 saturated heterocycles. The van der Waals surface area contributed by atoms with Gasteiger partial charge in [0.15, 0.2) is 0 Å². The van der Waals surface area contributed by atoms with Crippen LogP contribution in [0.15, 0.2) is 18.0 Å². The smallest absolute Gasteiger partial charge is 0.132 e. The highest BCUT2D eigenvalue weighted by Gasteiger charge is 2.05. The lowest BCUT2D eigenvalue weighted by atomic mass is 10.5. The molecule has 0 amide bonds. The van der Waals surface area contributed by atoms with E-state index in [4.69, 9.17) is 0 Å². The maximum atomic E-state index is 4.22. The van der Waals surface area contributed by atoms with Crippen molar-refractivity contribution in [3.63, 3.8) is 0 Å². The average Bonchev–Trinajstić information content (AvgIpc) is 2.71. The molecule has 0 aliphatic rings. The Morgan fingerprint density at radius 3 is 2.85 bits per heavy atom. The molecule has 68 valence electrons. The first-order valence-corrected chi connectivity index (χ1v) is 6.54. The molecule has 0 unspecified atom stereocenters. The second kappa shape index (κ2) is 4.22. The molecule has 2 rings (SSSR count). The maximum absolute atomic E-state index is 4.22. The van der Waals surface area contributed by atoms with E-state index in [9.17, 15) is 0 Å². The van der Waals surface area contributed by atoms with E-state index in [-0.39, 0.29) is 0 Å². The highest BCUT2D eigenvalue weighted by Crippen LogP contribution is 2.16. The van der Waals surface area contributed by atoms with Crippen molar-refractivity contribution in [2.75, 3.05) is 0 Å². The SMILES string of the molecule is Ic1ncn(Cc2cncs2)c1I. The largest absolute Gasteiger partial charge is 0.320 e. The van der Waals surface area contributed by atoms with Crippen LogP contribution in [0, 0.1) is 7.40 Å². The molecule has 0 N–H and O–H groups in total. The van der Waals surface area contributed by atoms with Crippen molar-refractivity contribution in [2.24, 2.45) is 0 Å². The van der Waals surface area contributed by atoms with Crippen molar-refractivity contribution in [3.8, 4) is 0 Å². The molecule has 2 aromatic heterocycles. The summed E-state index contributed by atoms with van der Waals surface area (Å²) in [4.78, 5) is 9.51. The Morgan fingerprint density at radius 1 is 1.46 bits per heavy atom. The average molecular weight is 417 g/mol. The molecule has 3 nitrogen and oxygen atoms in total. The van der Waals surface area contributed by atoms with Gasteiger partial charge in [0.2, 0.25) is 0 Å². The zero-order chi connectivity index (χ0) is 9.26. The molecule has 0 bridgehead atoms. The second-order valence-electron chi connectivity index (χ2n) is 2.42. The summed E-state index contributed by atoms with van der Waals surface area (Å²) >= 11 is 6.21. The van der Waals surface area contributed by atoms with Gasteiger partial charge in [0.05, 0.1) is 18.4 Å². The normalized spacial score (nSPS) is 10.6. The number of imidazole rings is 1. The summed E-state index contributed by atoms with van der Waals surface area (Å²) in [5.41, 5.74) is 1.85. The van der Waals surface area contributed by atoms with Crippen LogP contribution in [0.5, 0.6) is 0 Å². The van der Waals surface area contributed by atoms with Crippen molar-refractivity contribution in [2.45, 2.75) is 6.54 Å². The van der Waals surface area contributed by atoms with Crippen LogP contribution in [0.3, 0.4) is 0 Å². The molecule has 0 aromatic carbocycles. The van der Waals surface area contributed by atoms with Gasteiger partial charge in [-0.15, -0.1) is 11.3 Å². The number of rotatable bonds is 2. The van der Waals surface area contributed by atoms with Crippen LogP contribution in [-0.4, -0.2) is 14.5 Å². The van der Waals surface area contributed by atoms with Crippen molar-refractivity contribution in [3.05, 3.63) is 30.3 Å². The molecule has 0 radical (unpaired) electrons. The fourth-order valence-corrected chi connectivity index (χ4v) is 2.40. The molecule has 0 spiro atoms. The summed E-state index contributed by atoms with van der Waals surface area (Å²) in [7, 11) is 0. The maximum Gasteiger partial charge on any atom is 0.132 e. The number of nitrogens with zero attached hydrogens (tertiary/aromatic N) is 3. The molecule has 13 heavy (non-hydrogen) atoms. The summed E-state index contributed by atoms with van der Waals surface area (Å²) < 4.78 is 4.37. The molecule has 2 heterocycles. The van der Waals surface area contributed by atoms with Gasteiger partial charge in [-0.25, -0.2) is 4.98 Å². The van der Waals surface area contributed by atoms with E-state index in [1.807, 2.05) is 18.0 Å². The molecular formula is C7H5I2N3S. The van der Waals surface area contributed by atoms with E-state index in [0.717, 1.165) is 10.2 Å². The summed E-state index contributed by atoms with van der Waals surface area (Å²) in [6.45, 7) is 0.874. The minimum absolute atomic E-state index is 0.874. The van der Waals surface area contributed by atoms with Gasteiger partial charge in [-0.2, -0.15) is 0 Å². The topological polar surface area (TPSA) is 30.7 Å². The van der Waals surface area contributed by atoms with Crippen LogP contribution in [0.2, 0.25) is 0 Å². The third-order valence-electron chi connectivity index (χ3n) is 1.54. The molecular weight excluding hydrogens is 412 g/mol. The Labute approximate surface area is 107 Å². The monoisotopic (exact) mass is 417 g/mol. The third-order valence-corrected chi connectivity index (χ3v) is 5.26. The van der Waals surface area contributed by atoms with Gasteiger partial charge in [0, 0.05) is 11.1 Å². The summed E-state index contributed by atoms with van der Waals surface area (Å²) in [5, 5.41) is 0. The zero-order valence-corrected chi connectivity index (χ0v) is 11.6. The number of aromatic nitrogens is 3. The molecule has 0 aliphatic carbocycles. The number of hydrogen-bond acceptors (Lipinski definition) is 3. The van der Waals surface area contributed by atoms with Gasteiger partial charge in [-0.1, -0.05) is 0 Å². The third kappa shape index (κ3) is 2.21. The molecule has 0 saturated carbocycles. The summed E-state index contributed by atoms with van der Waals surface area (Å²) in [6.07, 6.45) is 3.76. The van der Waals surface area contributed by atoms with Gasteiger partial charge in [-0.3, -0.25) is 4.98 Å². The molecule has 0 aliphatic heterocycles. The second-order valence-corrected chi connectivity index (χ2v) is 5.44. The van der Waals surface area contributed by atoms with E-state index >= 15 is 0 Å². The summed E-state index contributed by atoms with van der Waals surface area (Å²) in [5.74, 6) is 0. The fourth-order valence-electron chi connectivity index (χ4n) is 0.941. The minimum Gasteiger partial charge on any atom is -0.320 e. The Kier molecular flexibility index (Phi) is 3.19. The lowest BCUT2D eigenvalue weighted by Crippen LogP contribution is -1.98. The number of hydrogen-bond donors (Lipinski definition) is 0. The van der Waals surface area contributed by atoms with Crippen LogP contribution < -0.4 is 0 Å². The summed E-state index contributed by atoms with van der Waals surface area (Å²) in [6, 6.07) is 0. The molecule has 2 aromatic rings. The van der Waals surface area contributed by atoms with Crippen LogP contribution in [0.4, 0.5) is 0 Å². The van der Waals surface area contributed by atoms with Gasteiger partial charge in [-0.05, 0) is 45.2 Å². The van der Waals surface area contributed by atoms with Gasteiger partial charge < -0.3 is 4.57 Å². The molecule has 6 heteroatoms.